The first-order chi connectivity index (χ1) is 15.4. The number of likely N-dealkylation sites (tertiary alicyclic amines) is 1. The van der Waals surface area contributed by atoms with Gasteiger partial charge in [0.2, 0.25) is 0 Å². The van der Waals surface area contributed by atoms with Gasteiger partial charge >= 0.3 is 0 Å². The Kier molecular flexibility index (Phi) is 6.40. The SMILES string of the molecule is COc1ccc([C@@H]2CN(C)C[C@@]2(C)[C@@H](C)O)cc1Oc1ccc(Oc2ccccc2)cc1. The van der Waals surface area contributed by atoms with E-state index in [0.717, 1.165) is 30.2 Å². The fourth-order valence-corrected chi connectivity index (χ4v) is 4.50. The number of aliphatic hydroxyl groups excluding tert-OH is 1. The number of para-hydroxylation sites is 1. The quantitative estimate of drug-likeness (QED) is 0.518. The Bertz CT molecular complexity index is 1040. The van der Waals surface area contributed by atoms with Gasteiger partial charge in [-0.2, -0.15) is 0 Å². The molecule has 32 heavy (non-hydrogen) atoms. The zero-order chi connectivity index (χ0) is 22.7. The maximum atomic E-state index is 10.5. The molecule has 0 aliphatic carbocycles. The van der Waals surface area contributed by atoms with Crippen LogP contribution in [0.4, 0.5) is 0 Å². The Morgan fingerprint density at radius 3 is 2.16 bits per heavy atom. The van der Waals surface area contributed by atoms with Crippen LogP contribution in [-0.2, 0) is 0 Å². The molecule has 1 aliphatic rings. The predicted molar refractivity (Wildman–Crippen MR) is 126 cm³/mol. The smallest absolute Gasteiger partial charge is 0.169 e. The van der Waals surface area contributed by atoms with E-state index in [0.29, 0.717) is 17.2 Å². The molecule has 1 aliphatic heterocycles. The fraction of sp³-hybridized carbons (Fsp3) is 0.333. The third kappa shape index (κ3) is 4.59. The maximum absolute atomic E-state index is 10.5. The minimum atomic E-state index is -0.416. The van der Waals surface area contributed by atoms with E-state index < -0.39 is 6.10 Å². The fourth-order valence-electron chi connectivity index (χ4n) is 4.50. The van der Waals surface area contributed by atoms with E-state index in [-0.39, 0.29) is 11.3 Å². The molecule has 4 rings (SSSR count). The number of methoxy groups -OCH3 is 1. The van der Waals surface area contributed by atoms with Crippen molar-refractivity contribution < 1.29 is 19.3 Å². The summed E-state index contributed by atoms with van der Waals surface area (Å²) in [6, 6.07) is 23.3. The molecule has 0 saturated carbocycles. The number of aliphatic hydroxyl groups is 1. The number of hydrogen-bond acceptors (Lipinski definition) is 5. The van der Waals surface area contributed by atoms with Gasteiger partial charge in [0.15, 0.2) is 11.5 Å². The Morgan fingerprint density at radius 1 is 0.906 bits per heavy atom. The summed E-state index contributed by atoms with van der Waals surface area (Å²) in [5.41, 5.74) is 0.911. The third-order valence-electron chi connectivity index (χ3n) is 6.48. The van der Waals surface area contributed by atoms with Crippen molar-refractivity contribution in [2.24, 2.45) is 5.41 Å². The van der Waals surface area contributed by atoms with Gasteiger partial charge < -0.3 is 24.2 Å². The molecule has 0 unspecified atom stereocenters. The number of likely N-dealkylation sites (N-methyl/N-ethyl adjacent to an activating group) is 1. The molecule has 0 amide bonds. The van der Waals surface area contributed by atoms with Crippen LogP contribution >= 0.6 is 0 Å². The molecule has 1 N–H and O–H groups in total. The lowest BCUT2D eigenvalue weighted by Crippen LogP contribution is -2.36. The number of rotatable bonds is 7. The first-order valence-corrected chi connectivity index (χ1v) is 10.9. The van der Waals surface area contributed by atoms with Crippen molar-refractivity contribution in [3.63, 3.8) is 0 Å². The molecule has 0 aromatic heterocycles. The summed E-state index contributed by atoms with van der Waals surface area (Å²) in [6.07, 6.45) is -0.416. The number of nitrogens with zero attached hydrogens (tertiary/aromatic N) is 1. The van der Waals surface area contributed by atoms with Crippen LogP contribution in [0.5, 0.6) is 28.7 Å². The molecule has 3 aromatic rings. The average molecular weight is 434 g/mol. The lowest BCUT2D eigenvalue weighted by molar-refractivity contribution is 0.0495. The second-order valence-corrected chi connectivity index (χ2v) is 8.83. The van der Waals surface area contributed by atoms with Gasteiger partial charge in [-0.1, -0.05) is 31.2 Å². The van der Waals surface area contributed by atoms with E-state index in [9.17, 15) is 5.11 Å². The van der Waals surface area contributed by atoms with Crippen molar-refractivity contribution in [1.29, 1.82) is 0 Å². The van der Waals surface area contributed by atoms with Crippen LogP contribution in [0.15, 0.2) is 72.8 Å². The molecule has 168 valence electrons. The van der Waals surface area contributed by atoms with Crippen LogP contribution < -0.4 is 14.2 Å². The van der Waals surface area contributed by atoms with Gasteiger partial charge in [-0.15, -0.1) is 0 Å². The highest BCUT2D eigenvalue weighted by Crippen LogP contribution is 2.46. The molecule has 0 bridgehead atoms. The molecule has 3 aromatic carbocycles. The average Bonchev–Trinajstić information content (AvgIpc) is 3.11. The number of benzene rings is 3. The highest BCUT2D eigenvalue weighted by molar-refractivity contribution is 5.48. The van der Waals surface area contributed by atoms with Gasteiger partial charge in [-0.3, -0.25) is 0 Å². The summed E-state index contributed by atoms with van der Waals surface area (Å²) in [4.78, 5) is 2.27. The summed E-state index contributed by atoms with van der Waals surface area (Å²) >= 11 is 0. The second kappa shape index (κ2) is 9.23. The maximum Gasteiger partial charge on any atom is 0.169 e. The Balaban J connectivity index is 1.56. The third-order valence-corrected chi connectivity index (χ3v) is 6.48. The molecule has 1 fully saturated rings. The van der Waals surface area contributed by atoms with Crippen molar-refractivity contribution in [2.75, 3.05) is 27.2 Å². The van der Waals surface area contributed by atoms with E-state index in [4.69, 9.17) is 14.2 Å². The van der Waals surface area contributed by atoms with Gasteiger partial charge in [0.1, 0.15) is 17.2 Å². The monoisotopic (exact) mass is 433 g/mol. The number of hydrogen-bond donors (Lipinski definition) is 1. The van der Waals surface area contributed by atoms with Gasteiger partial charge in [0, 0.05) is 24.4 Å². The molecule has 5 nitrogen and oxygen atoms in total. The number of ether oxygens (including phenoxy) is 3. The van der Waals surface area contributed by atoms with E-state index in [1.165, 1.54) is 0 Å². The van der Waals surface area contributed by atoms with Crippen LogP contribution in [-0.4, -0.2) is 43.4 Å². The van der Waals surface area contributed by atoms with E-state index in [1.54, 1.807) is 7.11 Å². The highest BCUT2D eigenvalue weighted by Gasteiger charge is 2.45. The molecule has 3 atom stereocenters. The minimum Gasteiger partial charge on any atom is -0.493 e. The topological polar surface area (TPSA) is 51.2 Å². The van der Waals surface area contributed by atoms with Crippen molar-refractivity contribution in [1.82, 2.24) is 4.90 Å². The van der Waals surface area contributed by atoms with Gasteiger partial charge in [-0.05, 0) is 68.1 Å². The summed E-state index contributed by atoms with van der Waals surface area (Å²) in [5, 5.41) is 10.5. The molecular weight excluding hydrogens is 402 g/mol. The van der Waals surface area contributed by atoms with Gasteiger partial charge in [0.25, 0.3) is 0 Å². The van der Waals surface area contributed by atoms with Crippen LogP contribution in [0.25, 0.3) is 0 Å². The molecule has 0 radical (unpaired) electrons. The molecule has 0 spiro atoms. The molecular formula is C27H31NO4. The van der Waals surface area contributed by atoms with Gasteiger partial charge in [0.05, 0.1) is 13.2 Å². The van der Waals surface area contributed by atoms with Crippen LogP contribution in [0, 0.1) is 5.41 Å². The molecule has 1 saturated heterocycles. The zero-order valence-corrected chi connectivity index (χ0v) is 19.1. The van der Waals surface area contributed by atoms with Crippen molar-refractivity contribution >= 4 is 0 Å². The second-order valence-electron chi connectivity index (χ2n) is 8.83. The lowest BCUT2D eigenvalue weighted by Gasteiger charge is -2.34. The Labute approximate surface area is 190 Å². The first kappa shape index (κ1) is 22.2. The lowest BCUT2D eigenvalue weighted by atomic mass is 9.72. The van der Waals surface area contributed by atoms with E-state index in [2.05, 4.69) is 24.9 Å². The highest BCUT2D eigenvalue weighted by atomic mass is 16.5. The zero-order valence-electron chi connectivity index (χ0n) is 19.1. The standard InChI is InChI=1S/C27H31NO4/c1-19(29)27(2)18-28(3)17-24(27)20-10-15-25(30-4)26(16-20)32-23-13-11-22(12-14-23)31-21-8-6-5-7-9-21/h5-16,19,24,29H,17-18H2,1-4H3/t19-,24+,27+/m1/s1. The molecule has 5 heteroatoms. The van der Waals surface area contributed by atoms with Crippen molar-refractivity contribution in [2.45, 2.75) is 25.9 Å². The van der Waals surface area contributed by atoms with E-state index >= 15 is 0 Å². The summed E-state index contributed by atoms with van der Waals surface area (Å²) in [7, 11) is 3.74. The summed E-state index contributed by atoms with van der Waals surface area (Å²) in [6.45, 7) is 5.77. The van der Waals surface area contributed by atoms with Crippen LogP contribution in [0.3, 0.4) is 0 Å². The molecule has 1 heterocycles. The van der Waals surface area contributed by atoms with Crippen molar-refractivity contribution in [3.05, 3.63) is 78.4 Å². The first-order valence-electron chi connectivity index (χ1n) is 10.9. The van der Waals surface area contributed by atoms with E-state index in [1.807, 2.05) is 73.7 Å². The summed E-state index contributed by atoms with van der Waals surface area (Å²) < 4.78 is 17.6. The predicted octanol–water partition coefficient (Wildman–Crippen LogP) is 5.70. The van der Waals surface area contributed by atoms with Crippen molar-refractivity contribution in [3.8, 4) is 28.7 Å². The Morgan fingerprint density at radius 2 is 1.53 bits per heavy atom. The minimum absolute atomic E-state index is 0.197. The largest absolute Gasteiger partial charge is 0.493 e. The van der Waals surface area contributed by atoms with Crippen LogP contribution in [0.1, 0.15) is 25.3 Å². The van der Waals surface area contributed by atoms with Crippen LogP contribution in [0.2, 0.25) is 0 Å². The normalized spacial score (nSPS) is 21.8. The summed E-state index contributed by atoms with van der Waals surface area (Å²) in [5.74, 6) is 3.75. The van der Waals surface area contributed by atoms with Gasteiger partial charge in [-0.25, -0.2) is 0 Å². The Hall–Kier alpha value is -3.02.